The molecule has 4 rings (SSSR count). The summed E-state index contributed by atoms with van der Waals surface area (Å²) in [7, 11) is 0. The molecule has 5 heteroatoms. The van der Waals surface area contributed by atoms with Gasteiger partial charge in [0.2, 0.25) is 0 Å². The molecule has 0 aliphatic carbocycles. The topological polar surface area (TPSA) is 37.1 Å². The molecule has 0 saturated carbocycles. The number of benzene rings is 3. The zero-order valence-corrected chi connectivity index (χ0v) is 17.7. The second kappa shape index (κ2) is 10.5. The highest BCUT2D eigenvalue weighted by Crippen LogP contribution is 2.25. The van der Waals surface area contributed by atoms with E-state index in [1.807, 2.05) is 48.5 Å². The Balaban J connectivity index is 1.29. The summed E-state index contributed by atoms with van der Waals surface area (Å²) in [6.07, 6.45) is -0.718. The molecule has 1 atom stereocenters. The van der Waals surface area contributed by atoms with Crippen molar-refractivity contribution < 1.29 is 19.1 Å². The quantitative estimate of drug-likeness (QED) is 0.587. The molecule has 1 aliphatic rings. The number of nitrogens with one attached hydrogen (secondary N) is 1. The Kier molecular flexibility index (Phi) is 7.30. The van der Waals surface area contributed by atoms with Crippen LogP contribution in [0, 0.1) is 5.82 Å². The van der Waals surface area contributed by atoms with E-state index in [1.54, 1.807) is 0 Å². The largest absolute Gasteiger partial charge is 0.385 e. The molecule has 1 heterocycles. The minimum Gasteiger partial charge on any atom is -0.385 e. The molecule has 0 aromatic heterocycles. The third-order valence-electron chi connectivity index (χ3n) is 5.85. The Morgan fingerprint density at radius 1 is 0.839 bits per heavy atom. The van der Waals surface area contributed by atoms with Gasteiger partial charge in [0, 0.05) is 5.69 Å². The molecule has 0 amide bonds. The average molecular weight is 422 g/mol. The molecule has 2 N–H and O–H groups in total. The lowest BCUT2D eigenvalue weighted by atomic mass is 10.0. The molecule has 162 valence electrons. The number of piperazine rings is 1. The van der Waals surface area contributed by atoms with Crippen LogP contribution >= 0.6 is 0 Å². The molecule has 1 aliphatic heterocycles. The van der Waals surface area contributed by atoms with Crippen molar-refractivity contribution in [2.24, 2.45) is 0 Å². The molecule has 0 radical (unpaired) electrons. The maximum absolute atomic E-state index is 13.1. The molecular weight excluding hydrogens is 391 g/mol. The van der Waals surface area contributed by atoms with Gasteiger partial charge >= 0.3 is 0 Å². The van der Waals surface area contributed by atoms with Crippen molar-refractivity contribution in [3.63, 3.8) is 0 Å². The van der Waals surface area contributed by atoms with E-state index in [0.717, 1.165) is 43.0 Å². The second-order valence-electron chi connectivity index (χ2n) is 8.11. The van der Waals surface area contributed by atoms with Gasteiger partial charge in [-0.2, -0.15) is 0 Å². The standard InChI is InChI=1S/C26H29FN2O2/c27-23-11-13-24(14-12-23)29-17-15-28(16-18-29)19-25(30)20-31-26(21-7-3-1-4-8-21)22-9-5-2-6-10-22/h1-14,25-26,30H,15-20H2/p+1/t25-/m0/s1. The molecule has 3 aromatic rings. The van der Waals surface area contributed by atoms with E-state index in [1.165, 1.54) is 17.0 Å². The second-order valence-corrected chi connectivity index (χ2v) is 8.11. The Hall–Kier alpha value is -2.73. The summed E-state index contributed by atoms with van der Waals surface area (Å²) in [5.41, 5.74) is 3.22. The van der Waals surface area contributed by atoms with Crippen molar-refractivity contribution in [3.8, 4) is 0 Å². The van der Waals surface area contributed by atoms with Gasteiger partial charge in [-0.3, -0.25) is 0 Å². The number of hydrogen-bond donors (Lipinski definition) is 2. The van der Waals surface area contributed by atoms with Crippen LogP contribution in [0.25, 0.3) is 0 Å². The van der Waals surface area contributed by atoms with E-state index in [0.29, 0.717) is 13.2 Å². The van der Waals surface area contributed by atoms with E-state index in [9.17, 15) is 9.50 Å². The van der Waals surface area contributed by atoms with Crippen molar-refractivity contribution in [1.82, 2.24) is 0 Å². The van der Waals surface area contributed by atoms with E-state index >= 15 is 0 Å². The van der Waals surface area contributed by atoms with Gasteiger partial charge in [0.05, 0.1) is 32.8 Å². The fourth-order valence-corrected chi connectivity index (χ4v) is 4.18. The maximum Gasteiger partial charge on any atom is 0.126 e. The summed E-state index contributed by atoms with van der Waals surface area (Å²) in [6, 6.07) is 26.9. The monoisotopic (exact) mass is 421 g/mol. The number of anilines is 1. The molecule has 0 spiro atoms. The highest BCUT2D eigenvalue weighted by Gasteiger charge is 2.24. The van der Waals surface area contributed by atoms with Crippen LogP contribution in [0.2, 0.25) is 0 Å². The van der Waals surface area contributed by atoms with Gasteiger partial charge in [0.1, 0.15) is 24.6 Å². The van der Waals surface area contributed by atoms with Crippen molar-refractivity contribution >= 4 is 5.69 Å². The molecule has 0 unspecified atom stereocenters. The van der Waals surface area contributed by atoms with Gasteiger partial charge in [0.25, 0.3) is 0 Å². The summed E-state index contributed by atoms with van der Waals surface area (Å²) in [4.78, 5) is 3.64. The Morgan fingerprint density at radius 3 is 1.94 bits per heavy atom. The van der Waals surface area contributed by atoms with Gasteiger partial charge < -0.3 is 19.6 Å². The zero-order chi connectivity index (χ0) is 21.5. The average Bonchev–Trinajstić information content (AvgIpc) is 2.82. The van der Waals surface area contributed by atoms with Gasteiger partial charge in [-0.15, -0.1) is 0 Å². The Bertz CT molecular complexity index is 874. The van der Waals surface area contributed by atoms with Crippen LogP contribution in [-0.2, 0) is 4.74 Å². The van der Waals surface area contributed by atoms with Gasteiger partial charge in [-0.1, -0.05) is 60.7 Å². The predicted octanol–water partition coefficient (Wildman–Crippen LogP) is 2.70. The number of quaternary nitrogens is 1. The lowest BCUT2D eigenvalue weighted by molar-refractivity contribution is -0.903. The van der Waals surface area contributed by atoms with Crippen LogP contribution in [0.1, 0.15) is 17.2 Å². The Labute approximate surface area is 183 Å². The lowest BCUT2D eigenvalue weighted by Gasteiger charge is -2.34. The third kappa shape index (κ3) is 5.91. The van der Waals surface area contributed by atoms with Crippen molar-refractivity contribution in [2.75, 3.05) is 44.2 Å². The number of rotatable bonds is 8. The van der Waals surface area contributed by atoms with Gasteiger partial charge in [0.15, 0.2) is 0 Å². The fraction of sp³-hybridized carbons (Fsp3) is 0.308. The first-order chi connectivity index (χ1) is 15.2. The SMILES string of the molecule is O[C@H](COC(c1ccccc1)c1ccccc1)C[NH+]1CCN(c2ccc(F)cc2)CC1. The van der Waals surface area contributed by atoms with Crippen LogP contribution in [-0.4, -0.2) is 50.5 Å². The van der Waals surface area contributed by atoms with Crippen molar-refractivity contribution in [2.45, 2.75) is 12.2 Å². The van der Waals surface area contributed by atoms with E-state index in [2.05, 4.69) is 29.2 Å². The molecule has 1 saturated heterocycles. The molecule has 0 bridgehead atoms. The molecule has 3 aromatic carbocycles. The van der Waals surface area contributed by atoms with Crippen LogP contribution in [0.4, 0.5) is 10.1 Å². The van der Waals surface area contributed by atoms with E-state index in [-0.39, 0.29) is 11.9 Å². The predicted molar refractivity (Wildman–Crippen MR) is 121 cm³/mol. The summed E-state index contributed by atoms with van der Waals surface area (Å²) < 4.78 is 19.4. The van der Waals surface area contributed by atoms with Crippen LogP contribution in [0.15, 0.2) is 84.9 Å². The van der Waals surface area contributed by atoms with Crippen molar-refractivity contribution in [1.29, 1.82) is 0 Å². The minimum absolute atomic E-state index is 0.192. The highest BCUT2D eigenvalue weighted by molar-refractivity contribution is 5.46. The third-order valence-corrected chi connectivity index (χ3v) is 5.85. The Morgan fingerprint density at radius 2 is 1.39 bits per heavy atom. The molecule has 1 fully saturated rings. The first-order valence-electron chi connectivity index (χ1n) is 10.9. The van der Waals surface area contributed by atoms with Gasteiger partial charge in [-0.05, 0) is 35.4 Å². The molecule has 4 nitrogen and oxygen atoms in total. The first-order valence-corrected chi connectivity index (χ1v) is 10.9. The number of aliphatic hydroxyl groups excluding tert-OH is 1. The number of hydrogen-bond acceptors (Lipinski definition) is 3. The van der Waals surface area contributed by atoms with Gasteiger partial charge in [-0.25, -0.2) is 4.39 Å². The fourth-order valence-electron chi connectivity index (χ4n) is 4.18. The molecular formula is C26H30FN2O2+. The van der Waals surface area contributed by atoms with Crippen LogP contribution in [0.3, 0.4) is 0 Å². The number of aliphatic hydroxyl groups is 1. The number of ether oxygens (including phenoxy) is 1. The van der Waals surface area contributed by atoms with Crippen LogP contribution in [0.5, 0.6) is 0 Å². The summed E-state index contributed by atoms with van der Waals surface area (Å²) in [6.45, 7) is 4.62. The zero-order valence-electron chi connectivity index (χ0n) is 17.7. The normalized spacial score (nSPS) is 15.9. The number of halogens is 1. The van der Waals surface area contributed by atoms with Crippen LogP contribution < -0.4 is 9.80 Å². The molecule has 31 heavy (non-hydrogen) atoms. The maximum atomic E-state index is 13.1. The summed E-state index contributed by atoms with van der Waals surface area (Å²) >= 11 is 0. The number of nitrogens with zero attached hydrogens (tertiary/aromatic N) is 1. The highest BCUT2D eigenvalue weighted by atomic mass is 19.1. The van der Waals surface area contributed by atoms with E-state index < -0.39 is 6.10 Å². The summed E-state index contributed by atoms with van der Waals surface area (Å²) in [5, 5.41) is 10.7. The minimum atomic E-state index is -0.526. The summed E-state index contributed by atoms with van der Waals surface area (Å²) in [5.74, 6) is -0.208. The first kappa shape index (κ1) is 21.5. The van der Waals surface area contributed by atoms with Crippen molar-refractivity contribution in [3.05, 3.63) is 102 Å². The van der Waals surface area contributed by atoms with E-state index in [4.69, 9.17) is 4.74 Å². The smallest absolute Gasteiger partial charge is 0.126 e. The lowest BCUT2D eigenvalue weighted by Crippen LogP contribution is -3.16.